The van der Waals surface area contributed by atoms with Gasteiger partial charge >= 0.3 is 0 Å². The summed E-state index contributed by atoms with van der Waals surface area (Å²) in [7, 11) is 7.98. The molecule has 2 radical (unpaired) electrons. The van der Waals surface area contributed by atoms with Gasteiger partial charge in [-0.3, -0.25) is 16.0 Å². The summed E-state index contributed by atoms with van der Waals surface area (Å²) in [5.41, 5.74) is 1.63. The van der Waals surface area contributed by atoms with Crippen molar-refractivity contribution >= 4 is 7.85 Å². The van der Waals surface area contributed by atoms with Crippen molar-refractivity contribution < 1.29 is 4.74 Å². The molecule has 0 spiro atoms. The molecule has 7 heteroatoms. The first kappa shape index (κ1) is 20.8. The monoisotopic (exact) mass is 387 g/mol. The zero-order chi connectivity index (χ0) is 19.3. The second-order valence-electron chi connectivity index (χ2n) is 9.04. The van der Waals surface area contributed by atoms with Crippen LogP contribution < -0.4 is 26.6 Å². The van der Waals surface area contributed by atoms with Crippen LogP contribution in [0.3, 0.4) is 0 Å². The third-order valence-corrected chi connectivity index (χ3v) is 7.15. The quantitative estimate of drug-likeness (QED) is 0.356. The highest BCUT2D eigenvalue weighted by Gasteiger charge is 2.42. The van der Waals surface area contributed by atoms with Gasteiger partial charge in [-0.2, -0.15) is 0 Å². The fraction of sp³-hybridized carbons (Fsp3) is 0.905. The summed E-state index contributed by atoms with van der Waals surface area (Å²) in [5.74, 6) is 1.24. The van der Waals surface area contributed by atoms with E-state index in [0.717, 1.165) is 26.1 Å². The highest BCUT2D eigenvalue weighted by molar-refractivity contribution is 6.08. The Labute approximate surface area is 171 Å². The number of fused-ring (bicyclic) bond motifs is 1. The molecule has 156 valence electrons. The van der Waals surface area contributed by atoms with Gasteiger partial charge in [0, 0.05) is 31.2 Å². The highest BCUT2D eigenvalue weighted by atomic mass is 16.5. The zero-order valence-corrected chi connectivity index (χ0v) is 17.4. The van der Waals surface area contributed by atoms with Crippen LogP contribution in [0.2, 0.25) is 6.32 Å². The molecule has 5 N–H and O–H groups in total. The summed E-state index contributed by atoms with van der Waals surface area (Å²) < 4.78 is 6.35. The van der Waals surface area contributed by atoms with Gasteiger partial charge in [-0.15, -0.1) is 0 Å². The molecule has 3 heterocycles. The molecule has 7 atom stereocenters. The molecular weight excluding hydrogens is 349 g/mol. The molecule has 28 heavy (non-hydrogen) atoms. The van der Waals surface area contributed by atoms with Crippen molar-refractivity contribution in [3.05, 3.63) is 11.6 Å². The van der Waals surface area contributed by atoms with Crippen molar-refractivity contribution in [3.8, 4) is 0 Å². The van der Waals surface area contributed by atoms with Gasteiger partial charge in [0.05, 0.1) is 20.1 Å². The van der Waals surface area contributed by atoms with Crippen molar-refractivity contribution in [1.82, 2.24) is 26.6 Å². The summed E-state index contributed by atoms with van der Waals surface area (Å²) in [4.78, 5) is 0. The minimum absolute atomic E-state index is 0.108. The van der Waals surface area contributed by atoms with Crippen LogP contribution in [0.25, 0.3) is 0 Å². The molecular formula is C21H38BN5O. The predicted octanol–water partition coefficient (Wildman–Crippen LogP) is 0.827. The minimum Gasteiger partial charge on any atom is -0.377 e. The first-order chi connectivity index (χ1) is 13.8. The average molecular weight is 387 g/mol. The van der Waals surface area contributed by atoms with Crippen molar-refractivity contribution in [2.24, 2.45) is 11.8 Å². The van der Waals surface area contributed by atoms with E-state index in [9.17, 15) is 0 Å². The van der Waals surface area contributed by atoms with Gasteiger partial charge in [-0.05, 0) is 64.5 Å². The smallest absolute Gasteiger partial charge is 0.113 e. The lowest BCUT2D eigenvalue weighted by atomic mass is 9.70. The molecule has 7 unspecified atom stereocenters. The molecule has 0 aromatic heterocycles. The van der Waals surface area contributed by atoms with Gasteiger partial charge in [0.1, 0.15) is 6.29 Å². The number of nitrogens with one attached hydrogen (secondary N) is 5. The van der Waals surface area contributed by atoms with Crippen LogP contribution in [-0.4, -0.2) is 65.2 Å². The summed E-state index contributed by atoms with van der Waals surface area (Å²) in [6, 6.07) is 0.848. The van der Waals surface area contributed by atoms with E-state index in [1.807, 2.05) is 7.05 Å². The van der Waals surface area contributed by atoms with Crippen LogP contribution in [0.15, 0.2) is 11.6 Å². The summed E-state index contributed by atoms with van der Waals surface area (Å²) >= 11 is 0. The van der Waals surface area contributed by atoms with Crippen LogP contribution >= 0.6 is 0 Å². The van der Waals surface area contributed by atoms with Gasteiger partial charge < -0.3 is 15.4 Å². The van der Waals surface area contributed by atoms with Crippen molar-refractivity contribution in [3.63, 3.8) is 0 Å². The van der Waals surface area contributed by atoms with E-state index >= 15 is 0 Å². The Morgan fingerprint density at radius 3 is 3.00 bits per heavy atom. The van der Waals surface area contributed by atoms with Crippen LogP contribution in [0.1, 0.15) is 44.9 Å². The molecule has 4 aliphatic rings. The Balaban J connectivity index is 1.44. The fourth-order valence-corrected chi connectivity index (χ4v) is 5.73. The van der Waals surface area contributed by atoms with E-state index in [0.29, 0.717) is 42.5 Å². The van der Waals surface area contributed by atoms with Crippen LogP contribution in [-0.2, 0) is 4.74 Å². The largest absolute Gasteiger partial charge is 0.377 e. The molecule has 1 aliphatic carbocycles. The van der Waals surface area contributed by atoms with E-state index in [2.05, 4.69) is 32.7 Å². The second-order valence-corrected chi connectivity index (χ2v) is 9.04. The van der Waals surface area contributed by atoms with Crippen LogP contribution in [0.4, 0.5) is 0 Å². The first-order valence-electron chi connectivity index (χ1n) is 11.4. The van der Waals surface area contributed by atoms with Gasteiger partial charge in [0.25, 0.3) is 0 Å². The van der Waals surface area contributed by atoms with Crippen LogP contribution in [0, 0.1) is 11.8 Å². The zero-order valence-electron chi connectivity index (χ0n) is 17.4. The summed E-state index contributed by atoms with van der Waals surface area (Å²) in [6.07, 6.45) is 12.3. The van der Waals surface area contributed by atoms with Crippen molar-refractivity contribution in [1.29, 1.82) is 0 Å². The Kier molecular flexibility index (Phi) is 7.47. The Hall–Kier alpha value is -0.435. The lowest BCUT2D eigenvalue weighted by Crippen LogP contribution is -2.68. The molecule has 1 saturated carbocycles. The topological polar surface area (TPSA) is 69.4 Å². The number of ether oxygens (including phenoxy) is 1. The molecule has 3 aliphatic heterocycles. The molecule has 4 rings (SSSR count). The molecule has 0 aromatic carbocycles. The standard InChI is InChI=1S/C21H38BN5O/c1-23-19-12-17(13-22)26-21(27-19)25-16-10-15-5-3-9-28-20(15)18(11-16)14-4-2-7-24-8-6-14/h6,15-21,23-27H,2-5,7-13H2,1H3. The molecule has 0 aromatic rings. The molecule has 0 bridgehead atoms. The van der Waals surface area contributed by atoms with Gasteiger partial charge in [-0.25, -0.2) is 0 Å². The lowest BCUT2D eigenvalue weighted by Gasteiger charge is -2.47. The minimum atomic E-state index is 0.108. The number of hydrogen-bond donors (Lipinski definition) is 5. The summed E-state index contributed by atoms with van der Waals surface area (Å²) in [5, 5.41) is 18.1. The maximum atomic E-state index is 6.35. The summed E-state index contributed by atoms with van der Waals surface area (Å²) in [6.45, 7) is 3.08. The van der Waals surface area contributed by atoms with Gasteiger partial charge in [0.15, 0.2) is 0 Å². The maximum absolute atomic E-state index is 6.35. The Morgan fingerprint density at radius 2 is 2.14 bits per heavy atom. The van der Waals surface area contributed by atoms with E-state index in [4.69, 9.17) is 12.6 Å². The van der Waals surface area contributed by atoms with Gasteiger partial charge in [-0.1, -0.05) is 18.0 Å². The number of hydrogen-bond acceptors (Lipinski definition) is 6. The predicted molar refractivity (Wildman–Crippen MR) is 114 cm³/mol. The average Bonchev–Trinajstić information content (AvgIpc) is 3.02. The Morgan fingerprint density at radius 1 is 1.21 bits per heavy atom. The highest BCUT2D eigenvalue weighted by Crippen LogP contribution is 2.42. The first-order valence-corrected chi connectivity index (χ1v) is 11.4. The molecule has 0 amide bonds. The second kappa shape index (κ2) is 10.0. The molecule has 3 fully saturated rings. The van der Waals surface area contributed by atoms with E-state index < -0.39 is 0 Å². The fourth-order valence-electron chi connectivity index (χ4n) is 5.73. The third-order valence-electron chi connectivity index (χ3n) is 7.15. The Bertz CT molecular complexity index is 521. The third kappa shape index (κ3) is 5.00. The maximum Gasteiger partial charge on any atom is 0.113 e. The van der Waals surface area contributed by atoms with Crippen LogP contribution in [0.5, 0.6) is 0 Å². The van der Waals surface area contributed by atoms with Crippen molar-refractivity contribution in [2.75, 3.05) is 26.7 Å². The van der Waals surface area contributed by atoms with E-state index in [1.54, 1.807) is 5.57 Å². The molecule has 2 saturated heterocycles. The van der Waals surface area contributed by atoms with E-state index in [-0.39, 0.29) is 6.29 Å². The van der Waals surface area contributed by atoms with Crippen molar-refractivity contribution in [2.45, 2.75) is 81.9 Å². The molecule has 6 nitrogen and oxygen atoms in total. The SMILES string of the molecule is [B]CC1CC(NC)NC(NC2CC3CCCOC3C(C3=CCNCCC3)C2)N1. The normalized spacial score (nSPS) is 42.3. The lowest BCUT2D eigenvalue weighted by molar-refractivity contribution is -0.0798. The van der Waals surface area contributed by atoms with E-state index in [1.165, 1.54) is 38.5 Å². The van der Waals surface area contributed by atoms with Gasteiger partial charge in [0.2, 0.25) is 0 Å². The number of rotatable bonds is 5.